The van der Waals surface area contributed by atoms with E-state index in [0.29, 0.717) is 39.2 Å². The number of H-pyrrole nitrogens is 1. The minimum absolute atomic E-state index is 0.00126. The lowest BCUT2D eigenvalue weighted by atomic mass is 10.0. The van der Waals surface area contributed by atoms with Crippen LogP contribution in [0.15, 0.2) is 35.1 Å². The highest BCUT2D eigenvalue weighted by atomic mass is 35.5. The predicted octanol–water partition coefficient (Wildman–Crippen LogP) is 3.98. The number of hydrogen-bond donors (Lipinski definition) is 2. The average molecular weight is 421 g/mol. The van der Waals surface area contributed by atoms with Gasteiger partial charge in [-0.15, -0.1) is 0 Å². The van der Waals surface area contributed by atoms with Crippen molar-refractivity contribution in [1.82, 2.24) is 14.8 Å². The molecule has 0 radical (unpaired) electrons. The molecule has 0 amide bonds. The Morgan fingerprint density at radius 1 is 1.28 bits per heavy atom. The first-order chi connectivity index (χ1) is 13.8. The van der Waals surface area contributed by atoms with E-state index in [1.165, 1.54) is 10.6 Å². The van der Waals surface area contributed by atoms with Gasteiger partial charge in [0, 0.05) is 31.3 Å². The Bertz CT molecular complexity index is 1080. The Morgan fingerprint density at radius 2 is 2.03 bits per heavy atom. The summed E-state index contributed by atoms with van der Waals surface area (Å²) in [5.41, 5.74) is 1.07. The number of hydrogen-bond acceptors (Lipinski definition) is 5. The van der Waals surface area contributed by atoms with Crippen LogP contribution < -0.4 is 20.5 Å². The molecule has 0 bridgehead atoms. The minimum Gasteiger partial charge on any atom is -0.491 e. The van der Waals surface area contributed by atoms with E-state index < -0.39 is 5.82 Å². The highest BCUT2D eigenvalue weighted by Crippen LogP contribution is 2.40. The largest absolute Gasteiger partial charge is 0.491 e. The van der Waals surface area contributed by atoms with Crippen LogP contribution in [-0.2, 0) is 13.7 Å². The van der Waals surface area contributed by atoms with Crippen LogP contribution in [0.2, 0.25) is 5.02 Å². The molecule has 9 heteroatoms. The Labute approximate surface area is 172 Å². The number of nitrogens with zero attached hydrogens (tertiary/aromatic N) is 2. The molecule has 0 unspecified atom stereocenters. The van der Waals surface area contributed by atoms with Crippen LogP contribution in [0.3, 0.4) is 0 Å². The molecule has 3 rings (SSSR count). The molecule has 29 heavy (non-hydrogen) atoms. The molecule has 154 valence electrons. The van der Waals surface area contributed by atoms with Crippen molar-refractivity contribution in [2.75, 3.05) is 12.4 Å². The van der Waals surface area contributed by atoms with Crippen LogP contribution in [0.25, 0.3) is 11.1 Å². The minimum atomic E-state index is -0.428. The van der Waals surface area contributed by atoms with Crippen molar-refractivity contribution in [1.29, 1.82) is 0 Å². The van der Waals surface area contributed by atoms with E-state index in [0.717, 1.165) is 0 Å². The van der Waals surface area contributed by atoms with E-state index in [2.05, 4.69) is 15.5 Å². The molecule has 0 spiro atoms. The summed E-state index contributed by atoms with van der Waals surface area (Å²) >= 11 is 6.31. The van der Waals surface area contributed by atoms with E-state index in [4.69, 9.17) is 21.1 Å². The summed E-state index contributed by atoms with van der Waals surface area (Å²) < 4.78 is 27.6. The van der Waals surface area contributed by atoms with Crippen LogP contribution in [0, 0.1) is 5.82 Å². The van der Waals surface area contributed by atoms with Gasteiger partial charge in [-0.2, -0.15) is 5.10 Å². The van der Waals surface area contributed by atoms with Crippen LogP contribution in [0.4, 0.5) is 10.1 Å². The molecule has 0 atom stereocenters. The quantitative estimate of drug-likeness (QED) is 0.604. The molecule has 7 nitrogen and oxygen atoms in total. The van der Waals surface area contributed by atoms with E-state index >= 15 is 0 Å². The Balaban J connectivity index is 2.05. The highest BCUT2D eigenvalue weighted by molar-refractivity contribution is 6.33. The van der Waals surface area contributed by atoms with E-state index in [1.54, 1.807) is 38.4 Å². The molecule has 0 saturated carbocycles. The maximum Gasteiger partial charge on any atom is 0.343 e. The number of aromatic nitrogens is 3. The third kappa shape index (κ3) is 4.54. The molecule has 0 saturated heterocycles. The van der Waals surface area contributed by atoms with Crippen molar-refractivity contribution >= 4 is 17.3 Å². The number of aromatic amines is 1. The molecular weight excluding hydrogens is 399 g/mol. The fourth-order valence-electron chi connectivity index (χ4n) is 2.78. The van der Waals surface area contributed by atoms with Gasteiger partial charge in [-0.3, -0.25) is 4.57 Å². The number of rotatable bonds is 7. The lowest BCUT2D eigenvalue weighted by Crippen LogP contribution is -2.15. The highest BCUT2D eigenvalue weighted by Gasteiger charge is 2.17. The zero-order valence-corrected chi connectivity index (χ0v) is 17.3. The lowest BCUT2D eigenvalue weighted by molar-refractivity contribution is 0.242. The topological polar surface area (TPSA) is 81.2 Å². The average Bonchev–Trinajstić information content (AvgIpc) is 2.99. The van der Waals surface area contributed by atoms with Gasteiger partial charge in [-0.05, 0) is 38.1 Å². The Hall–Kier alpha value is -3.00. The van der Waals surface area contributed by atoms with Crippen molar-refractivity contribution in [3.63, 3.8) is 0 Å². The standard InChI is InChI=1S/C20H22ClFN4O3/c1-11(2)29-12-5-6-16(22)13(7-12)14-8-17(23-3)15(21)9-18(14)28-10-19-24-25-20(27)26(19)4/h5-9,11,23H,10H2,1-4H3,(H,25,27). The zero-order chi connectivity index (χ0) is 21.1. The summed E-state index contributed by atoms with van der Waals surface area (Å²) in [5.74, 6) is 0.859. The van der Waals surface area contributed by atoms with E-state index in [9.17, 15) is 9.18 Å². The van der Waals surface area contributed by atoms with Gasteiger partial charge >= 0.3 is 5.69 Å². The summed E-state index contributed by atoms with van der Waals surface area (Å²) in [4.78, 5) is 11.5. The van der Waals surface area contributed by atoms with Crippen LogP contribution in [0.1, 0.15) is 19.7 Å². The number of benzene rings is 2. The number of halogens is 2. The monoisotopic (exact) mass is 420 g/mol. The van der Waals surface area contributed by atoms with Crippen molar-refractivity contribution < 1.29 is 13.9 Å². The van der Waals surface area contributed by atoms with Crippen molar-refractivity contribution in [3.05, 3.63) is 57.5 Å². The third-order valence-electron chi connectivity index (χ3n) is 4.27. The van der Waals surface area contributed by atoms with Gasteiger partial charge in [0.05, 0.1) is 16.8 Å². The van der Waals surface area contributed by atoms with Gasteiger partial charge in [0.25, 0.3) is 0 Å². The smallest absolute Gasteiger partial charge is 0.343 e. The molecule has 3 aromatic rings. The van der Waals surface area contributed by atoms with E-state index in [1.807, 2.05) is 13.8 Å². The summed E-state index contributed by atoms with van der Waals surface area (Å²) in [7, 11) is 3.30. The van der Waals surface area contributed by atoms with Crippen LogP contribution in [0.5, 0.6) is 11.5 Å². The number of nitrogens with one attached hydrogen (secondary N) is 2. The molecule has 1 aromatic heterocycles. The summed E-state index contributed by atoms with van der Waals surface area (Å²) in [6, 6.07) is 7.85. The van der Waals surface area contributed by atoms with Crippen LogP contribution in [-0.4, -0.2) is 27.9 Å². The first kappa shape index (κ1) is 20.7. The van der Waals surface area contributed by atoms with Crippen molar-refractivity contribution in [3.8, 4) is 22.6 Å². The van der Waals surface area contributed by atoms with Gasteiger partial charge in [0.1, 0.15) is 23.9 Å². The van der Waals surface area contributed by atoms with Gasteiger partial charge in [0.15, 0.2) is 5.82 Å². The summed E-state index contributed by atoms with van der Waals surface area (Å²) in [6.07, 6.45) is -0.0527. The van der Waals surface area contributed by atoms with Gasteiger partial charge in [-0.25, -0.2) is 14.3 Å². The van der Waals surface area contributed by atoms with Gasteiger partial charge in [0.2, 0.25) is 0 Å². The molecule has 2 N–H and O–H groups in total. The second-order valence-corrected chi connectivity index (χ2v) is 7.09. The maximum atomic E-state index is 14.7. The molecular formula is C20H22ClFN4O3. The summed E-state index contributed by atoms with van der Waals surface area (Å²) in [5, 5.41) is 9.66. The number of ether oxygens (including phenoxy) is 2. The van der Waals surface area contributed by atoms with Crippen molar-refractivity contribution in [2.45, 2.75) is 26.6 Å². The fourth-order valence-corrected chi connectivity index (χ4v) is 3.03. The number of anilines is 1. The summed E-state index contributed by atoms with van der Waals surface area (Å²) in [6.45, 7) is 3.79. The molecule has 0 aliphatic heterocycles. The zero-order valence-electron chi connectivity index (χ0n) is 16.5. The Morgan fingerprint density at radius 3 is 2.66 bits per heavy atom. The van der Waals surface area contributed by atoms with E-state index in [-0.39, 0.29) is 18.4 Å². The Kier molecular flexibility index (Phi) is 6.12. The van der Waals surface area contributed by atoms with Gasteiger partial charge in [-0.1, -0.05) is 11.6 Å². The lowest BCUT2D eigenvalue weighted by Gasteiger charge is -2.17. The molecule has 0 aliphatic rings. The fraction of sp³-hybridized carbons (Fsp3) is 0.300. The van der Waals surface area contributed by atoms with Crippen molar-refractivity contribution in [2.24, 2.45) is 7.05 Å². The normalized spacial score (nSPS) is 11.0. The van der Waals surface area contributed by atoms with Crippen LogP contribution >= 0.6 is 11.6 Å². The molecule has 2 aromatic carbocycles. The predicted molar refractivity (Wildman–Crippen MR) is 110 cm³/mol. The second-order valence-electron chi connectivity index (χ2n) is 6.68. The first-order valence-corrected chi connectivity index (χ1v) is 9.39. The maximum absolute atomic E-state index is 14.7. The second kappa shape index (κ2) is 8.57. The molecule has 1 heterocycles. The first-order valence-electron chi connectivity index (χ1n) is 9.01. The van der Waals surface area contributed by atoms with Gasteiger partial charge < -0.3 is 14.8 Å². The molecule has 0 fully saturated rings. The third-order valence-corrected chi connectivity index (χ3v) is 4.58. The molecule has 0 aliphatic carbocycles. The SMILES string of the molecule is CNc1cc(-c2cc(OC(C)C)ccc2F)c(OCc2n[nH]c(=O)n2C)cc1Cl.